The molecule has 0 aliphatic carbocycles. The van der Waals surface area contributed by atoms with Gasteiger partial charge >= 0.3 is 5.97 Å². The largest absolute Gasteiger partial charge is 0.497 e. The van der Waals surface area contributed by atoms with Crippen molar-refractivity contribution in [1.82, 2.24) is 0 Å². The predicted molar refractivity (Wildman–Crippen MR) is 96.1 cm³/mol. The van der Waals surface area contributed by atoms with Crippen LogP contribution in [0.4, 0.5) is 0 Å². The highest BCUT2D eigenvalue weighted by Gasteiger charge is 2.21. The van der Waals surface area contributed by atoms with E-state index >= 15 is 0 Å². The van der Waals surface area contributed by atoms with Crippen LogP contribution in [0, 0.1) is 0 Å². The van der Waals surface area contributed by atoms with Crippen LogP contribution in [0.15, 0.2) is 59.2 Å². The van der Waals surface area contributed by atoms with Gasteiger partial charge in [-0.1, -0.05) is 18.2 Å². The normalized spacial score (nSPS) is 16.9. The van der Waals surface area contributed by atoms with Crippen molar-refractivity contribution in [2.45, 2.75) is 0 Å². The Labute approximate surface area is 150 Å². The number of fused-ring (bicyclic) bond motifs is 1. The Balaban J connectivity index is 1.52. The molecule has 26 heavy (non-hydrogen) atoms. The van der Waals surface area contributed by atoms with Crippen LogP contribution in [0.2, 0.25) is 0 Å². The summed E-state index contributed by atoms with van der Waals surface area (Å²) in [6.07, 6.45) is 5.12. The number of carbonyl (C=O) groups excluding carboxylic acids is 1. The van der Waals surface area contributed by atoms with Gasteiger partial charge in [0.2, 0.25) is 12.7 Å². The second-order valence-corrected chi connectivity index (χ2v) is 5.59. The van der Waals surface area contributed by atoms with E-state index in [-0.39, 0.29) is 18.4 Å². The number of aliphatic imine (C=N–C) groups is 1. The van der Waals surface area contributed by atoms with Crippen molar-refractivity contribution >= 4 is 24.0 Å². The second-order valence-electron chi connectivity index (χ2n) is 5.59. The van der Waals surface area contributed by atoms with Crippen LogP contribution < -0.4 is 14.2 Å². The maximum Gasteiger partial charge on any atom is 0.363 e. The number of hydrogen-bond donors (Lipinski definition) is 0. The third-order valence-corrected chi connectivity index (χ3v) is 3.87. The van der Waals surface area contributed by atoms with Crippen molar-refractivity contribution in [1.29, 1.82) is 0 Å². The molecule has 0 aromatic heterocycles. The van der Waals surface area contributed by atoms with E-state index < -0.39 is 5.97 Å². The molecule has 0 spiro atoms. The van der Waals surface area contributed by atoms with Crippen molar-refractivity contribution in [3.05, 3.63) is 65.4 Å². The highest BCUT2D eigenvalue weighted by atomic mass is 16.7. The van der Waals surface area contributed by atoms with E-state index in [1.807, 2.05) is 36.4 Å². The van der Waals surface area contributed by atoms with E-state index in [1.165, 1.54) is 0 Å². The molecule has 0 saturated carbocycles. The average Bonchev–Trinajstić information content (AvgIpc) is 3.27. The van der Waals surface area contributed by atoms with Gasteiger partial charge in [0.15, 0.2) is 17.2 Å². The summed E-state index contributed by atoms with van der Waals surface area (Å²) in [5.41, 5.74) is 1.96. The first kappa shape index (κ1) is 16.0. The molecule has 0 unspecified atom stereocenters. The summed E-state index contributed by atoms with van der Waals surface area (Å²) in [6, 6.07) is 12.9. The number of ether oxygens (including phenoxy) is 4. The van der Waals surface area contributed by atoms with Gasteiger partial charge in [0.25, 0.3) is 0 Å². The average molecular weight is 349 g/mol. The number of methoxy groups -OCH3 is 1. The summed E-state index contributed by atoms with van der Waals surface area (Å²) in [4.78, 5) is 16.2. The van der Waals surface area contributed by atoms with E-state index in [1.54, 1.807) is 31.4 Å². The fraction of sp³-hybridized carbons (Fsp3) is 0.100. The van der Waals surface area contributed by atoms with Crippen LogP contribution in [0.25, 0.3) is 12.2 Å². The molecule has 0 radical (unpaired) electrons. The van der Waals surface area contributed by atoms with Crippen molar-refractivity contribution in [2.24, 2.45) is 4.99 Å². The van der Waals surface area contributed by atoms with E-state index in [2.05, 4.69) is 4.99 Å². The molecule has 4 rings (SSSR count). The van der Waals surface area contributed by atoms with Crippen molar-refractivity contribution in [3.63, 3.8) is 0 Å². The summed E-state index contributed by atoms with van der Waals surface area (Å²) in [7, 11) is 1.62. The van der Waals surface area contributed by atoms with Crippen LogP contribution in [-0.4, -0.2) is 25.8 Å². The highest BCUT2D eigenvalue weighted by molar-refractivity contribution is 6.11. The zero-order valence-electron chi connectivity index (χ0n) is 14.0. The topological polar surface area (TPSA) is 66.3 Å². The molecule has 0 atom stereocenters. The number of esters is 1. The molecule has 2 heterocycles. The van der Waals surface area contributed by atoms with Gasteiger partial charge in [-0.15, -0.1) is 0 Å². The molecule has 0 amide bonds. The molecule has 6 heteroatoms. The molecule has 0 saturated heterocycles. The van der Waals surface area contributed by atoms with Crippen LogP contribution >= 0.6 is 0 Å². The van der Waals surface area contributed by atoms with Crippen LogP contribution in [0.3, 0.4) is 0 Å². The minimum absolute atomic E-state index is 0.204. The Hall–Kier alpha value is -3.54. The molecule has 0 fully saturated rings. The molecular weight excluding hydrogens is 334 g/mol. The number of rotatable bonds is 4. The minimum Gasteiger partial charge on any atom is -0.497 e. The van der Waals surface area contributed by atoms with Crippen LogP contribution in [0.5, 0.6) is 17.2 Å². The lowest BCUT2D eigenvalue weighted by molar-refractivity contribution is -0.129. The molecule has 2 aliphatic heterocycles. The first-order valence-electron chi connectivity index (χ1n) is 7.95. The fourth-order valence-electron chi connectivity index (χ4n) is 2.54. The lowest BCUT2D eigenvalue weighted by Crippen LogP contribution is -2.01. The number of cyclic esters (lactones) is 1. The molecular formula is C20H15NO5. The SMILES string of the molecule is COc1ccc(/C=C/C2=NC(=Cc3ccc4c(c3)OCO4)C(=O)O2)cc1. The lowest BCUT2D eigenvalue weighted by atomic mass is 10.1. The van der Waals surface area contributed by atoms with Crippen molar-refractivity contribution in [2.75, 3.05) is 13.9 Å². The summed E-state index contributed by atoms with van der Waals surface area (Å²) in [5, 5.41) is 0. The van der Waals surface area contributed by atoms with Gasteiger partial charge in [0, 0.05) is 6.08 Å². The van der Waals surface area contributed by atoms with Crippen molar-refractivity contribution < 1.29 is 23.7 Å². The van der Waals surface area contributed by atoms with Gasteiger partial charge in [-0.05, 0) is 47.5 Å². The molecule has 0 bridgehead atoms. The van der Waals surface area contributed by atoms with Gasteiger partial charge in [0.1, 0.15) is 5.75 Å². The Bertz CT molecular complexity index is 941. The highest BCUT2D eigenvalue weighted by Crippen LogP contribution is 2.33. The Morgan fingerprint density at radius 1 is 1.00 bits per heavy atom. The standard InChI is InChI=1S/C20H15NO5/c1-23-15-6-2-13(3-7-15)5-9-19-21-16(20(22)26-19)10-14-4-8-17-18(11-14)25-12-24-17/h2-11H,12H2,1H3/b9-5+,16-10?. The Morgan fingerprint density at radius 2 is 1.77 bits per heavy atom. The molecule has 2 aromatic carbocycles. The Kier molecular flexibility index (Phi) is 4.15. The molecule has 0 N–H and O–H groups in total. The third-order valence-electron chi connectivity index (χ3n) is 3.87. The molecule has 2 aromatic rings. The van der Waals surface area contributed by atoms with Gasteiger partial charge in [0.05, 0.1) is 7.11 Å². The summed E-state index contributed by atoms with van der Waals surface area (Å²) in [5.74, 6) is 1.87. The third kappa shape index (κ3) is 3.30. The van der Waals surface area contributed by atoms with E-state index in [0.717, 1.165) is 16.9 Å². The van der Waals surface area contributed by atoms with Gasteiger partial charge in [-0.3, -0.25) is 0 Å². The minimum atomic E-state index is -0.489. The second kappa shape index (κ2) is 6.76. The maximum absolute atomic E-state index is 12.0. The van der Waals surface area contributed by atoms with Gasteiger partial charge in [-0.2, -0.15) is 0 Å². The monoisotopic (exact) mass is 349 g/mol. The fourth-order valence-corrected chi connectivity index (χ4v) is 2.54. The first-order valence-corrected chi connectivity index (χ1v) is 7.95. The van der Waals surface area contributed by atoms with E-state index in [0.29, 0.717) is 11.5 Å². The zero-order chi connectivity index (χ0) is 17.9. The summed E-state index contributed by atoms with van der Waals surface area (Å²) >= 11 is 0. The number of nitrogens with zero attached hydrogens (tertiary/aromatic N) is 1. The summed E-state index contributed by atoms with van der Waals surface area (Å²) < 4.78 is 20.9. The summed E-state index contributed by atoms with van der Waals surface area (Å²) in [6.45, 7) is 0.204. The first-order chi connectivity index (χ1) is 12.7. The Morgan fingerprint density at radius 3 is 2.58 bits per heavy atom. The molecule has 6 nitrogen and oxygen atoms in total. The quantitative estimate of drug-likeness (QED) is 0.625. The predicted octanol–water partition coefficient (Wildman–Crippen LogP) is 3.43. The number of carbonyl (C=O) groups is 1. The smallest absolute Gasteiger partial charge is 0.363 e. The maximum atomic E-state index is 12.0. The van der Waals surface area contributed by atoms with E-state index in [4.69, 9.17) is 18.9 Å². The zero-order valence-corrected chi connectivity index (χ0v) is 14.0. The number of benzene rings is 2. The number of hydrogen-bond acceptors (Lipinski definition) is 6. The van der Waals surface area contributed by atoms with Crippen LogP contribution in [0.1, 0.15) is 11.1 Å². The molecule has 2 aliphatic rings. The van der Waals surface area contributed by atoms with Crippen molar-refractivity contribution in [3.8, 4) is 17.2 Å². The molecule has 130 valence electrons. The van der Waals surface area contributed by atoms with Gasteiger partial charge in [-0.25, -0.2) is 9.79 Å². The van der Waals surface area contributed by atoms with E-state index in [9.17, 15) is 4.79 Å². The van der Waals surface area contributed by atoms with Crippen LogP contribution in [-0.2, 0) is 9.53 Å². The van der Waals surface area contributed by atoms with Gasteiger partial charge < -0.3 is 18.9 Å². The lowest BCUT2D eigenvalue weighted by Gasteiger charge is -1.98.